The molecule has 0 bridgehead atoms. The number of aromatic nitrogens is 1. The van der Waals surface area contributed by atoms with Gasteiger partial charge in [-0.3, -0.25) is 10.2 Å². The Hall–Kier alpha value is -3.10. The summed E-state index contributed by atoms with van der Waals surface area (Å²) in [7, 11) is 0. The van der Waals surface area contributed by atoms with E-state index in [0.29, 0.717) is 5.17 Å². The Morgan fingerprint density at radius 1 is 1.12 bits per heavy atom. The van der Waals surface area contributed by atoms with Crippen LogP contribution in [-0.2, 0) is 4.79 Å². The minimum atomic E-state index is -0.401. The number of hydrogen-bond donors (Lipinski definition) is 1. The number of amides is 1. The number of carbonyl (C=O) groups excluding carboxylic acids is 1. The molecule has 0 radical (unpaired) electrons. The molecular weight excluding hydrogens is 438 g/mol. The van der Waals surface area contributed by atoms with Gasteiger partial charge in [-0.05, 0) is 72.0 Å². The Morgan fingerprint density at radius 3 is 2.69 bits per heavy atom. The first kappa shape index (κ1) is 20.8. The number of hydrazone groups is 1. The zero-order chi connectivity index (χ0) is 22.4. The normalized spacial score (nSPS) is 17.2. The van der Waals surface area contributed by atoms with Crippen LogP contribution in [0.1, 0.15) is 23.9 Å². The predicted octanol–water partition coefficient (Wildman–Crippen LogP) is 5.58. The van der Waals surface area contributed by atoms with E-state index in [-0.39, 0.29) is 11.4 Å². The van der Waals surface area contributed by atoms with E-state index in [9.17, 15) is 4.79 Å². The Bertz CT molecular complexity index is 1380. The number of carbonyl (C=O) groups is 1. The van der Waals surface area contributed by atoms with Crippen molar-refractivity contribution in [2.45, 2.75) is 20.8 Å². The highest BCUT2D eigenvalue weighted by molar-refractivity contribution is 8.45. The van der Waals surface area contributed by atoms with Gasteiger partial charge in [-0.1, -0.05) is 49.0 Å². The number of nitrogens with one attached hydrogen (secondary N) is 1. The van der Waals surface area contributed by atoms with Crippen molar-refractivity contribution in [3.05, 3.63) is 71.1 Å². The lowest BCUT2D eigenvalue weighted by Gasteiger charge is -2.20. The van der Waals surface area contributed by atoms with Crippen LogP contribution in [0.5, 0.6) is 0 Å². The SMILES string of the molecule is CCSC1=NN2C(=N)/C(=C\c3cc(C)n(-c4ccc5ccccc5c4)c3C)C(=O)N=C2S1. The van der Waals surface area contributed by atoms with Crippen LogP contribution in [0.25, 0.3) is 22.5 Å². The maximum Gasteiger partial charge on any atom is 0.283 e. The number of benzene rings is 2. The molecule has 2 aliphatic heterocycles. The summed E-state index contributed by atoms with van der Waals surface area (Å²) < 4.78 is 2.98. The van der Waals surface area contributed by atoms with Gasteiger partial charge in [0.15, 0.2) is 10.2 Å². The van der Waals surface area contributed by atoms with E-state index >= 15 is 0 Å². The van der Waals surface area contributed by atoms with Gasteiger partial charge in [-0.2, -0.15) is 10.0 Å². The maximum atomic E-state index is 12.7. The van der Waals surface area contributed by atoms with Crippen molar-refractivity contribution in [1.82, 2.24) is 9.58 Å². The first-order chi connectivity index (χ1) is 15.5. The van der Waals surface area contributed by atoms with Crippen molar-refractivity contribution in [3.63, 3.8) is 0 Å². The lowest BCUT2D eigenvalue weighted by Crippen LogP contribution is -2.35. The molecule has 3 aromatic rings. The van der Waals surface area contributed by atoms with E-state index in [1.54, 1.807) is 17.8 Å². The van der Waals surface area contributed by atoms with Crippen LogP contribution < -0.4 is 0 Å². The van der Waals surface area contributed by atoms with Crippen molar-refractivity contribution >= 4 is 61.7 Å². The summed E-state index contributed by atoms with van der Waals surface area (Å²) in [4.78, 5) is 16.9. The smallest absolute Gasteiger partial charge is 0.283 e. The number of amidine groups is 2. The monoisotopic (exact) mass is 459 g/mol. The summed E-state index contributed by atoms with van der Waals surface area (Å²) in [5.74, 6) is 0.537. The van der Waals surface area contributed by atoms with Crippen molar-refractivity contribution in [2.75, 3.05) is 5.75 Å². The highest BCUT2D eigenvalue weighted by Gasteiger charge is 2.35. The highest BCUT2D eigenvalue weighted by Crippen LogP contribution is 2.33. The molecule has 0 aliphatic carbocycles. The summed E-state index contributed by atoms with van der Waals surface area (Å²) >= 11 is 2.92. The molecule has 2 aliphatic rings. The number of nitrogens with zero attached hydrogens (tertiary/aromatic N) is 4. The van der Waals surface area contributed by atoms with Crippen molar-refractivity contribution in [2.24, 2.45) is 10.1 Å². The van der Waals surface area contributed by atoms with Crippen LogP contribution >= 0.6 is 23.5 Å². The van der Waals surface area contributed by atoms with Gasteiger partial charge in [0.25, 0.3) is 5.91 Å². The second-order valence-electron chi connectivity index (χ2n) is 7.51. The molecule has 0 saturated carbocycles. The van der Waals surface area contributed by atoms with E-state index in [1.807, 2.05) is 39.0 Å². The molecule has 5 rings (SSSR count). The molecule has 0 fully saturated rings. The average molecular weight is 460 g/mol. The second kappa shape index (κ2) is 8.11. The van der Waals surface area contributed by atoms with Crippen LogP contribution in [-0.4, -0.2) is 36.6 Å². The number of aliphatic imine (C=N–C) groups is 1. The molecule has 0 saturated heterocycles. The molecule has 0 atom stereocenters. The number of hydrogen-bond acceptors (Lipinski definition) is 5. The van der Waals surface area contributed by atoms with Crippen LogP contribution in [0.15, 0.2) is 64.2 Å². The molecule has 3 heterocycles. The average Bonchev–Trinajstić information content (AvgIpc) is 3.30. The van der Waals surface area contributed by atoms with E-state index in [4.69, 9.17) is 5.41 Å². The fourth-order valence-electron chi connectivity index (χ4n) is 3.96. The molecule has 2 aromatic carbocycles. The largest absolute Gasteiger partial charge is 0.318 e. The van der Waals surface area contributed by atoms with Gasteiger partial charge < -0.3 is 4.57 Å². The van der Waals surface area contributed by atoms with Gasteiger partial charge in [-0.15, -0.1) is 5.10 Å². The Balaban J connectivity index is 1.54. The Labute approximate surface area is 194 Å². The van der Waals surface area contributed by atoms with Gasteiger partial charge in [0.2, 0.25) is 5.17 Å². The summed E-state index contributed by atoms with van der Waals surface area (Å²) in [6, 6.07) is 16.7. The third kappa shape index (κ3) is 3.49. The molecule has 0 unspecified atom stereocenters. The van der Waals surface area contributed by atoms with E-state index in [2.05, 4.69) is 45.0 Å². The van der Waals surface area contributed by atoms with Gasteiger partial charge >= 0.3 is 0 Å². The zero-order valence-corrected chi connectivity index (χ0v) is 19.5. The Kier molecular flexibility index (Phi) is 5.27. The highest BCUT2D eigenvalue weighted by atomic mass is 32.2. The van der Waals surface area contributed by atoms with E-state index < -0.39 is 5.91 Å². The van der Waals surface area contributed by atoms with Gasteiger partial charge in [0.1, 0.15) is 0 Å². The molecule has 0 spiro atoms. The lowest BCUT2D eigenvalue weighted by atomic mass is 10.1. The maximum absolute atomic E-state index is 12.7. The van der Waals surface area contributed by atoms with E-state index in [0.717, 1.165) is 32.8 Å². The molecule has 8 heteroatoms. The fraction of sp³-hybridized carbons (Fsp3) is 0.167. The lowest BCUT2D eigenvalue weighted by molar-refractivity contribution is -0.114. The molecule has 1 amide bonds. The molecule has 6 nitrogen and oxygen atoms in total. The van der Waals surface area contributed by atoms with Gasteiger partial charge in [0.05, 0.1) is 5.57 Å². The third-order valence-electron chi connectivity index (χ3n) is 5.47. The van der Waals surface area contributed by atoms with Gasteiger partial charge in [-0.25, -0.2) is 0 Å². The minimum absolute atomic E-state index is 0.0645. The summed E-state index contributed by atoms with van der Waals surface area (Å²) in [5.41, 5.74) is 4.26. The van der Waals surface area contributed by atoms with Crippen molar-refractivity contribution in [1.29, 1.82) is 5.41 Å². The zero-order valence-electron chi connectivity index (χ0n) is 17.9. The first-order valence-electron chi connectivity index (χ1n) is 10.3. The first-order valence-corrected chi connectivity index (χ1v) is 12.1. The topological polar surface area (TPSA) is 73.8 Å². The fourth-order valence-corrected chi connectivity index (χ4v) is 5.78. The Morgan fingerprint density at radius 2 is 1.91 bits per heavy atom. The van der Waals surface area contributed by atoms with Crippen LogP contribution in [0.2, 0.25) is 0 Å². The van der Waals surface area contributed by atoms with Crippen molar-refractivity contribution < 1.29 is 4.79 Å². The summed E-state index contributed by atoms with van der Waals surface area (Å²) in [6.07, 6.45) is 1.76. The van der Waals surface area contributed by atoms with E-state index in [1.165, 1.54) is 27.5 Å². The number of rotatable bonds is 3. The van der Waals surface area contributed by atoms with Crippen LogP contribution in [0.3, 0.4) is 0 Å². The molecule has 1 aromatic heterocycles. The standard InChI is InChI=1S/C24H21N5OS2/c1-4-31-24-27-29-21(25)20(22(30)26-23(29)32-24)13-18-11-14(2)28(15(18)3)19-10-9-16-7-5-6-8-17(16)12-19/h5-13,25H,4H2,1-3H3/b20-13+,25-21?. The molecular formula is C24H21N5OS2. The third-order valence-corrected chi connectivity index (χ3v) is 7.39. The number of aryl methyl sites for hydroxylation is 1. The summed E-state index contributed by atoms with van der Waals surface area (Å²) in [5, 5.41) is 17.3. The van der Waals surface area contributed by atoms with Crippen molar-refractivity contribution in [3.8, 4) is 5.69 Å². The second-order valence-corrected chi connectivity index (χ2v) is 9.98. The molecule has 1 N–H and O–H groups in total. The minimum Gasteiger partial charge on any atom is -0.318 e. The van der Waals surface area contributed by atoms with Gasteiger partial charge in [0, 0.05) is 17.1 Å². The number of thioether (sulfide) groups is 2. The summed E-state index contributed by atoms with van der Waals surface area (Å²) in [6.45, 7) is 6.12. The quantitative estimate of drug-likeness (QED) is 0.519. The van der Waals surface area contributed by atoms with Crippen LogP contribution in [0.4, 0.5) is 0 Å². The number of fused-ring (bicyclic) bond motifs is 2. The molecule has 160 valence electrons. The van der Waals surface area contributed by atoms with Crippen LogP contribution in [0, 0.1) is 19.3 Å². The molecule has 32 heavy (non-hydrogen) atoms. The predicted molar refractivity (Wildman–Crippen MR) is 136 cm³/mol.